The van der Waals surface area contributed by atoms with Gasteiger partial charge in [0.15, 0.2) is 5.78 Å². The van der Waals surface area contributed by atoms with Crippen molar-refractivity contribution < 1.29 is 36.1 Å². The van der Waals surface area contributed by atoms with Gasteiger partial charge < -0.3 is 15.8 Å². The smallest absolute Gasteiger partial charge is 0.414 e. The van der Waals surface area contributed by atoms with Crippen molar-refractivity contribution in [3.05, 3.63) is 41.8 Å². The van der Waals surface area contributed by atoms with Crippen molar-refractivity contribution in [1.82, 2.24) is 10.3 Å². The van der Waals surface area contributed by atoms with E-state index in [9.17, 15) is 27.2 Å². The minimum Gasteiger partial charge on any atom is -0.442 e. The van der Waals surface area contributed by atoms with Crippen molar-refractivity contribution in [3.63, 3.8) is 0 Å². The lowest BCUT2D eigenvalue weighted by molar-refractivity contribution is -0.119. The number of hydrogen-bond acceptors (Lipinski definition) is 9. The van der Waals surface area contributed by atoms with Gasteiger partial charge in [-0.3, -0.25) is 18.7 Å². The van der Waals surface area contributed by atoms with Crippen molar-refractivity contribution in [1.29, 1.82) is 0 Å². The molecule has 11 nitrogen and oxygen atoms in total. The molecule has 0 radical (unpaired) electrons. The monoisotopic (exact) mass is 480 g/mol. The maximum Gasteiger partial charge on any atom is 0.414 e. The largest absolute Gasteiger partial charge is 0.442 e. The lowest BCUT2D eigenvalue weighted by atomic mass is 10.0. The second-order valence-corrected chi connectivity index (χ2v) is 8.91. The number of nitrogen functional groups attached to an aromatic ring is 1. The number of benzene rings is 1. The van der Waals surface area contributed by atoms with Crippen molar-refractivity contribution in [2.75, 3.05) is 36.6 Å². The molecule has 0 unspecified atom stereocenters. The van der Waals surface area contributed by atoms with Crippen LogP contribution in [0, 0.1) is 5.82 Å². The summed E-state index contributed by atoms with van der Waals surface area (Å²) in [4.78, 5) is 40.6. The predicted molar refractivity (Wildman–Crippen MR) is 115 cm³/mol. The number of amides is 2. The number of nitrogens with zero attached hydrogens (tertiary/aromatic N) is 2. The quantitative estimate of drug-likeness (QED) is 0.417. The third-order valence-corrected chi connectivity index (χ3v) is 5.20. The van der Waals surface area contributed by atoms with Crippen molar-refractivity contribution in [2.24, 2.45) is 0 Å². The number of nitrogens with two attached hydrogens (primary N) is 1. The summed E-state index contributed by atoms with van der Waals surface area (Å²) in [5.41, 5.74) is 6.12. The van der Waals surface area contributed by atoms with Crippen molar-refractivity contribution in [3.8, 4) is 11.1 Å². The number of halogens is 1. The summed E-state index contributed by atoms with van der Waals surface area (Å²) in [5, 5.41) is 2.55. The number of hydrogen-bond donors (Lipinski definition) is 2. The van der Waals surface area contributed by atoms with Crippen LogP contribution in [-0.4, -0.2) is 63.2 Å². The van der Waals surface area contributed by atoms with Crippen LogP contribution in [0.25, 0.3) is 11.1 Å². The van der Waals surface area contributed by atoms with Crippen LogP contribution >= 0.6 is 0 Å². The molecule has 13 heteroatoms. The molecule has 2 amide bonds. The molecular weight excluding hydrogens is 459 g/mol. The second-order valence-electron chi connectivity index (χ2n) is 7.26. The molecule has 3 rings (SSSR count). The van der Waals surface area contributed by atoms with Crippen LogP contribution in [-0.2, 0) is 23.8 Å². The number of aromatic nitrogens is 1. The Morgan fingerprint density at radius 3 is 2.73 bits per heavy atom. The Morgan fingerprint density at radius 1 is 1.36 bits per heavy atom. The standard InChI is InChI=1S/C20H21FN4O7S/c1-11(26)23-8-14-9-25(20(28)32-14)13-3-4-15(17(21)6-13)12-5-16(19(22)24-7-12)18(27)10-31-33(2,29)30/h3-7,14H,8-10H2,1-2H3,(H2,22,24)(H,23,26)/t14-/m0/s1. The Balaban J connectivity index is 1.81. The Bertz CT molecular complexity index is 1220. The first-order valence-electron chi connectivity index (χ1n) is 9.60. The van der Waals surface area contributed by atoms with E-state index in [0.29, 0.717) is 0 Å². The summed E-state index contributed by atoms with van der Waals surface area (Å²) in [6, 6.07) is 5.29. The Labute approximate surface area is 188 Å². The molecule has 1 aliphatic rings. The van der Waals surface area contributed by atoms with E-state index < -0.39 is 40.5 Å². The van der Waals surface area contributed by atoms with E-state index >= 15 is 0 Å². The molecule has 2 heterocycles. The van der Waals surface area contributed by atoms with Gasteiger partial charge in [0.05, 0.1) is 30.6 Å². The highest BCUT2D eigenvalue weighted by Crippen LogP contribution is 2.30. The van der Waals surface area contributed by atoms with Gasteiger partial charge in [-0.25, -0.2) is 14.2 Å². The number of ketones is 1. The normalized spacial score (nSPS) is 15.9. The lowest BCUT2D eigenvalue weighted by Crippen LogP contribution is -2.33. The molecule has 1 aromatic heterocycles. The Hall–Kier alpha value is -3.58. The van der Waals surface area contributed by atoms with E-state index in [4.69, 9.17) is 10.5 Å². The molecular formula is C20H21FN4O7S. The highest BCUT2D eigenvalue weighted by molar-refractivity contribution is 7.86. The third-order valence-electron chi connectivity index (χ3n) is 4.65. The number of carbonyl (C=O) groups excluding carboxylic acids is 3. The van der Waals surface area contributed by atoms with Gasteiger partial charge >= 0.3 is 6.09 Å². The van der Waals surface area contributed by atoms with E-state index in [1.165, 1.54) is 36.2 Å². The molecule has 176 valence electrons. The molecule has 2 aromatic rings. The van der Waals surface area contributed by atoms with Gasteiger partial charge in [0.2, 0.25) is 5.91 Å². The fourth-order valence-corrected chi connectivity index (χ4v) is 3.41. The zero-order valence-corrected chi connectivity index (χ0v) is 18.5. The van der Waals surface area contributed by atoms with Crippen LogP contribution in [0.1, 0.15) is 17.3 Å². The molecule has 0 bridgehead atoms. The zero-order chi connectivity index (χ0) is 24.3. The van der Waals surface area contributed by atoms with E-state index in [0.717, 1.165) is 12.3 Å². The molecule has 1 aliphatic heterocycles. The van der Waals surface area contributed by atoms with Crippen LogP contribution in [0.3, 0.4) is 0 Å². The second kappa shape index (κ2) is 9.50. The maximum atomic E-state index is 14.9. The highest BCUT2D eigenvalue weighted by Gasteiger charge is 2.32. The summed E-state index contributed by atoms with van der Waals surface area (Å²) < 4.78 is 46.8. The van der Waals surface area contributed by atoms with Gasteiger partial charge in [-0.05, 0) is 24.3 Å². The number of Topliss-reactive ketones (excluding diaryl/α,β-unsaturated/α-hetero) is 1. The van der Waals surface area contributed by atoms with Gasteiger partial charge in [-0.2, -0.15) is 8.42 Å². The zero-order valence-electron chi connectivity index (χ0n) is 17.7. The van der Waals surface area contributed by atoms with Crippen LogP contribution < -0.4 is 16.0 Å². The summed E-state index contributed by atoms with van der Waals surface area (Å²) in [5.74, 6) is -1.88. The Kier molecular flexibility index (Phi) is 6.93. The molecule has 0 spiro atoms. The molecule has 33 heavy (non-hydrogen) atoms. The number of rotatable bonds is 8. The van der Waals surface area contributed by atoms with Crippen LogP contribution in [0.5, 0.6) is 0 Å². The molecule has 0 saturated carbocycles. The van der Waals surface area contributed by atoms with Gasteiger partial charge in [-0.1, -0.05) is 0 Å². The first kappa shape index (κ1) is 24.1. The molecule has 1 aromatic carbocycles. The summed E-state index contributed by atoms with van der Waals surface area (Å²) in [6.07, 6.45) is 0.807. The first-order valence-corrected chi connectivity index (χ1v) is 11.4. The van der Waals surface area contributed by atoms with Crippen LogP contribution in [0.4, 0.5) is 20.7 Å². The molecule has 1 fully saturated rings. The van der Waals surface area contributed by atoms with Crippen molar-refractivity contribution in [2.45, 2.75) is 13.0 Å². The van der Waals surface area contributed by atoms with Gasteiger partial charge in [0.25, 0.3) is 10.1 Å². The molecule has 3 N–H and O–H groups in total. The number of nitrogens with one attached hydrogen (secondary N) is 1. The van der Waals surface area contributed by atoms with Gasteiger partial charge in [0.1, 0.15) is 24.3 Å². The van der Waals surface area contributed by atoms with E-state index in [1.807, 2.05) is 0 Å². The van der Waals surface area contributed by atoms with E-state index in [-0.39, 0.29) is 47.2 Å². The van der Waals surface area contributed by atoms with Crippen molar-refractivity contribution >= 4 is 39.4 Å². The highest BCUT2D eigenvalue weighted by atomic mass is 32.2. The SMILES string of the molecule is CC(=O)NC[C@H]1CN(c2ccc(-c3cnc(N)c(C(=O)COS(C)(=O)=O)c3)c(F)c2)C(=O)O1. The van der Waals surface area contributed by atoms with Crippen LogP contribution in [0.15, 0.2) is 30.5 Å². The minimum atomic E-state index is -3.84. The summed E-state index contributed by atoms with van der Waals surface area (Å²) in [7, 11) is -3.84. The maximum absolute atomic E-state index is 14.9. The summed E-state index contributed by atoms with van der Waals surface area (Å²) >= 11 is 0. The first-order chi connectivity index (χ1) is 15.4. The topological polar surface area (TPSA) is 158 Å². The van der Waals surface area contributed by atoms with E-state index in [1.54, 1.807) is 0 Å². The molecule has 1 atom stereocenters. The van der Waals surface area contributed by atoms with Gasteiger partial charge in [0, 0.05) is 24.2 Å². The molecule has 1 saturated heterocycles. The number of pyridine rings is 1. The fraction of sp³-hybridized carbons (Fsp3) is 0.300. The minimum absolute atomic E-state index is 0.0756. The number of cyclic esters (lactones) is 1. The number of carbonyl (C=O) groups is 3. The van der Waals surface area contributed by atoms with Crippen LogP contribution in [0.2, 0.25) is 0 Å². The fourth-order valence-electron chi connectivity index (χ4n) is 3.09. The summed E-state index contributed by atoms with van der Waals surface area (Å²) in [6.45, 7) is 0.828. The Morgan fingerprint density at radius 2 is 2.09 bits per heavy atom. The number of anilines is 2. The van der Waals surface area contributed by atoms with E-state index in [2.05, 4.69) is 14.5 Å². The number of ether oxygens (including phenoxy) is 1. The predicted octanol–water partition coefficient (Wildman–Crippen LogP) is 1.09. The average Bonchev–Trinajstić information content (AvgIpc) is 3.11. The lowest BCUT2D eigenvalue weighted by Gasteiger charge is -2.15. The molecule has 0 aliphatic carbocycles. The third kappa shape index (κ3) is 6.02. The van der Waals surface area contributed by atoms with Gasteiger partial charge in [-0.15, -0.1) is 0 Å². The average molecular weight is 480 g/mol.